The summed E-state index contributed by atoms with van der Waals surface area (Å²) in [4.78, 5) is 25.6. The summed E-state index contributed by atoms with van der Waals surface area (Å²) in [6.07, 6.45) is 1.51. The van der Waals surface area contributed by atoms with Gasteiger partial charge in [-0.25, -0.2) is 0 Å². The largest absolute Gasteiger partial charge is 0.467 e. The van der Waals surface area contributed by atoms with E-state index in [0.29, 0.717) is 5.76 Å². The van der Waals surface area contributed by atoms with Crippen LogP contribution in [0.25, 0.3) is 0 Å². The second-order valence-corrected chi connectivity index (χ2v) is 5.42. The molecule has 1 unspecified atom stereocenters. The number of carbonyl (C=O) groups excluding carboxylic acids is 2. The third-order valence-electron chi connectivity index (χ3n) is 3.17. The summed E-state index contributed by atoms with van der Waals surface area (Å²) in [5.41, 5.74) is 0.748. The highest BCUT2D eigenvalue weighted by atomic mass is 32.2. The first-order valence-electron chi connectivity index (χ1n) is 5.77. The monoisotopic (exact) mass is 273 g/mol. The Morgan fingerprint density at radius 2 is 1.84 bits per heavy atom. The van der Waals surface area contributed by atoms with Crippen molar-refractivity contribution in [2.24, 2.45) is 0 Å². The van der Waals surface area contributed by atoms with E-state index in [1.165, 1.54) is 13.3 Å². The highest BCUT2D eigenvalue weighted by Crippen LogP contribution is 2.49. The highest BCUT2D eigenvalue weighted by molar-refractivity contribution is 8.15. The molecule has 0 radical (unpaired) electrons. The number of likely N-dealkylation sites (N-methyl/N-ethyl adjacent to an activating group) is 1. The number of rotatable bonds is 2. The Kier molecular flexibility index (Phi) is 2.71. The molecular weight excluding hydrogens is 262 g/mol. The number of hydrogen-bond acceptors (Lipinski definition) is 4. The third kappa shape index (κ3) is 1.62. The lowest BCUT2D eigenvalue weighted by molar-refractivity contribution is -0.128. The zero-order valence-electron chi connectivity index (χ0n) is 10.2. The van der Waals surface area contributed by atoms with Crippen molar-refractivity contribution in [3.8, 4) is 0 Å². The zero-order chi connectivity index (χ0) is 13.5. The van der Waals surface area contributed by atoms with Crippen LogP contribution in [0.2, 0.25) is 0 Å². The van der Waals surface area contributed by atoms with Crippen LogP contribution in [0.3, 0.4) is 0 Å². The van der Waals surface area contributed by atoms with Crippen LogP contribution in [-0.4, -0.2) is 23.1 Å². The van der Waals surface area contributed by atoms with Crippen LogP contribution in [-0.2, 0) is 9.54 Å². The number of thioether (sulfide) groups is 1. The lowest BCUT2D eigenvalue weighted by Crippen LogP contribution is -2.36. The molecule has 1 aliphatic heterocycles. The zero-order valence-corrected chi connectivity index (χ0v) is 11.0. The molecule has 2 amide bonds. The highest BCUT2D eigenvalue weighted by Gasteiger charge is 2.55. The SMILES string of the molecule is CN1C(=O)SC(c2ccccc2)(c2ccco2)C1=O. The van der Waals surface area contributed by atoms with Gasteiger partial charge in [0, 0.05) is 7.05 Å². The predicted octanol–water partition coefficient (Wildman–Crippen LogP) is 2.85. The fraction of sp³-hybridized carbons (Fsp3) is 0.143. The smallest absolute Gasteiger partial charge is 0.289 e. The molecule has 1 aromatic heterocycles. The average Bonchev–Trinajstić information content (AvgIpc) is 3.04. The molecule has 5 heteroatoms. The van der Waals surface area contributed by atoms with Crippen molar-refractivity contribution in [1.29, 1.82) is 0 Å². The fourth-order valence-corrected chi connectivity index (χ4v) is 3.37. The minimum atomic E-state index is -1.10. The molecule has 1 saturated heterocycles. The molecule has 0 spiro atoms. The first-order chi connectivity index (χ1) is 9.16. The Labute approximate surface area is 114 Å². The molecule has 0 N–H and O–H groups in total. The van der Waals surface area contributed by atoms with Crippen LogP contribution >= 0.6 is 11.8 Å². The number of benzene rings is 1. The van der Waals surface area contributed by atoms with Gasteiger partial charge in [0.25, 0.3) is 11.1 Å². The maximum absolute atomic E-state index is 12.6. The van der Waals surface area contributed by atoms with E-state index in [2.05, 4.69) is 0 Å². The van der Waals surface area contributed by atoms with Crippen LogP contribution in [0, 0.1) is 0 Å². The van der Waals surface area contributed by atoms with E-state index in [4.69, 9.17) is 4.42 Å². The number of amides is 2. The van der Waals surface area contributed by atoms with Crippen LogP contribution < -0.4 is 0 Å². The number of carbonyl (C=O) groups is 2. The lowest BCUT2D eigenvalue weighted by atomic mass is 9.94. The first-order valence-corrected chi connectivity index (χ1v) is 6.58. The summed E-state index contributed by atoms with van der Waals surface area (Å²) in [7, 11) is 1.49. The molecule has 0 saturated carbocycles. The quantitative estimate of drug-likeness (QED) is 0.844. The van der Waals surface area contributed by atoms with E-state index in [1.54, 1.807) is 12.1 Å². The average molecular weight is 273 g/mol. The number of hydrogen-bond donors (Lipinski definition) is 0. The summed E-state index contributed by atoms with van der Waals surface area (Å²) in [6, 6.07) is 12.7. The standard InChI is InChI=1S/C14H11NO3S/c1-15-12(16)14(19-13(15)17,11-8-5-9-18-11)10-6-3-2-4-7-10/h2-9H,1H3. The Morgan fingerprint density at radius 1 is 1.11 bits per heavy atom. The van der Waals surface area contributed by atoms with Gasteiger partial charge < -0.3 is 4.42 Å². The van der Waals surface area contributed by atoms with Gasteiger partial charge in [-0.1, -0.05) is 30.3 Å². The topological polar surface area (TPSA) is 50.5 Å². The van der Waals surface area contributed by atoms with Crippen LogP contribution in [0.15, 0.2) is 53.1 Å². The molecule has 2 aromatic rings. The lowest BCUT2D eigenvalue weighted by Gasteiger charge is -2.23. The maximum Gasteiger partial charge on any atom is 0.289 e. The molecule has 19 heavy (non-hydrogen) atoms. The van der Waals surface area contributed by atoms with Gasteiger partial charge in [0.1, 0.15) is 5.76 Å². The van der Waals surface area contributed by atoms with Gasteiger partial charge in [-0.3, -0.25) is 14.5 Å². The van der Waals surface area contributed by atoms with Gasteiger partial charge in [-0.2, -0.15) is 0 Å². The van der Waals surface area contributed by atoms with Crippen LogP contribution in [0.1, 0.15) is 11.3 Å². The van der Waals surface area contributed by atoms with Crippen molar-refractivity contribution >= 4 is 22.9 Å². The van der Waals surface area contributed by atoms with Gasteiger partial charge in [0.05, 0.1) is 6.26 Å². The summed E-state index contributed by atoms with van der Waals surface area (Å²) >= 11 is 0.984. The van der Waals surface area contributed by atoms with Crippen LogP contribution in [0.4, 0.5) is 4.79 Å². The molecule has 2 heterocycles. The normalized spacial score (nSPS) is 23.1. The molecule has 1 aromatic carbocycles. The second-order valence-electron chi connectivity index (χ2n) is 4.26. The molecular formula is C14H11NO3S. The molecule has 0 aliphatic carbocycles. The van der Waals surface area contributed by atoms with Gasteiger partial charge in [0.15, 0.2) is 4.75 Å². The molecule has 4 nitrogen and oxygen atoms in total. The van der Waals surface area contributed by atoms with Crippen LogP contribution in [0.5, 0.6) is 0 Å². The Morgan fingerprint density at radius 3 is 2.37 bits per heavy atom. The minimum absolute atomic E-state index is 0.273. The fourth-order valence-electron chi connectivity index (χ4n) is 2.19. The van der Waals surface area contributed by atoms with E-state index in [-0.39, 0.29) is 11.1 Å². The minimum Gasteiger partial charge on any atom is -0.467 e. The van der Waals surface area contributed by atoms with Crippen molar-refractivity contribution in [2.75, 3.05) is 7.05 Å². The van der Waals surface area contributed by atoms with Crippen molar-refractivity contribution in [3.63, 3.8) is 0 Å². The summed E-state index contributed by atoms with van der Waals surface area (Å²) in [6.45, 7) is 0. The van der Waals surface area contributed by atoms with Crippen molar-refractivity contribution in [1.82, 2.24) is 4.90 Å². The van der Waals surface area contributed by atoms with E-state index < -0.39 is 4.75 Å². The van der Waals surface area contributed by atoms with Gasteiger partial charge >= 0.3 is 0 Å². The molecule has 3 rings (SSSR count). The Hall–Kier alpha value is -2.01. The Bertz CT molecular complexity index is 623. The number of imide groups is 1. The van der Waals surface area contributed by atoms with E-state index in [9.17, 15) is 9.59 Å². The molecule has 96 valence electrons. The van der Waals surface area contributed by atoms with E-state index in [1.807, 2.05) is 30.3 Å². The second kappa shape index (κ2) is 4.28. The summed E-state index contributed by atoms with van der Waals surface area (Å²) < 4.78 is 4.32. The number of nitrogens with zero attached hydrogens (tertiary/aromatic N) is 1. The van der Waals surface area contributed by atoms with E-state index in [0.717, 1.165) is 22.2 Å². The molecule has 1 aliphatic rings. The maximum atomic E-state index is 12.6. The first kappa shape index (κ1) is 12.0. The summed E-state index contributed by atoms with van der Waals surface area (Å²) in [5.74, 6) is 0.204. The van der Waals surface area contributed by atoms with Crippen molar-refractivity contribution < 1.29 is 14.0 Å². The van der Waals surface area contributed by atoms with E-state index >= 15 is 0 Å². The van der Waals surface area contributed by atoms with Crippen molar-refractivity contribution in [3.05, 3.63) is 60.1 Å². The van der Waals surface area contributed by atoms with Gasteiger partial charge in [-0.15, -0.1) is 0 Å². The molecule has 1 fully saturated rings. The van der Waals surface area contributed by atoms with Crippen molar-refractivity contribution in [2.45, 2.75) is 4.75 Å². The molecule has 0 bridgehead atoms. The van der Waals surface area contributed by atoms with Gasteiger partial charge in [-0.05, 0) is 29.5 Å². The third-order valence-corrected chi connectivity index (χ3v) is 4.53. The molecule has 1 atom stereocenters. The number of furan rings is 1. The Balaban J connectivity index is 2.24. The summed E-state index contributed by atoms with van der Waals surface area (Å²) in [5, 5.41) is -0.273. The van der Waals surface area contributed by atoms with Gasteiger partial charge in [0.2, 0.25) is 0 Å². The predicted molar refractivity (Wildman–Crippen MR) is 71.7 cm³/mol.